The lowest BCUT2D eigenvalue weighted by molar-refractivity contribution is -0.127. The zero-order valence-electron chi connectivity index (χ0n) is 13.7. The van der Waals surface area contributed by atoms with E-state index in [9.17, 15) is 9.59 Å². The highest BCUT2D eigenvalue weighted by Gasteiger charge is 2.47. The van der Waals surface area contributed by atoms with E-state index >= 15 is 0 Å². The van der Waals surface area contributed by atoms with E-state index in [1.807, 2.05) is 25.1 Å². The molecule has 2 rings (SSSR count). The van der Waals surface area contributed by atoms with Gasteiger partial charge in [0.1, 0.15) is 0 Å². The summed E-state index contributed by atoms with van der Waals surface area (Å²) in [4.78, 5) is 24.0. The molecule has 2 amide bonds. The molecule has 1 aromatic rings. The Morgan fingerprint density at radius 2 is 1.86 bits per heavy atom. The lowest BCUT2D eigenvalue weighted by Gasteiger charge is -2.08. The molecule has 1 aliphatic rings. The number of carbonyl (C=O) groups is 2. The Bertz CT molecular complexity index is 540. The summed E-state index contributed by atoms with van der Waals surface area (Å²) in [6, 6.07) is 8.07. The van der Waals surface area contributed by atoms with Crippen LogP contribution in [-0.2, 0) is 16.1 Å². The fraction of sp³-hybridized carbons (Fsp3) is 0.556. The van der Waals surface area contributed by atoms with Crippen molar-refractivity contribution in [3.05, 3.63) is 35.4 Å². The van der Waals surface area contributed by atoms with Crippen LogP contribution in [-0.4, -0.2) is 18.4 Å². The number of hydrogen-bond donors (Lipinski definition) is 2. The van der Waals surface area contributed by atoms with Gasteiger partial charge in [-0.2, -0.15) is 0 Å². The Kier molecular flexibility index (Phi) is 5.58. The number of amides is 2. The van der Waals surface area contributed by atoms with Crippen LogP contribution in [0.25, 0.3) is 0 Å². The third-order valence-corrected chi connectivity index (χ3v) is 4.03. The van der Waals surface area contributed by atoms with Crippen LogP contribution in [0.4, 0.5) is 0 Å². The summed E-state index contributed by atoms with van der Waals surface area (Å²) < 4.78 is 0. The van der Waals surface area contributed by atoms with E-state index in [2.05, 4.69) is 30.5 Å². The first kappa shape index (κ1) is 16.5. The third kappa shape index (κ3) is 4.86. The van der Waals surface area contributed by atoms with Gasteiger partial charge in [-0.05, 0) is 31.2 Å². The summed E-state index contributed by atoms with van der Waals surface area (Å²) in [6.07, 6.45) is 1.65. The minimum absolute atomic E-state index is 0.00878. The van der Waals surface area contributed by atoms with Gasteiger partial charge >= 0.3 is 0 Å². The van der Waals surface area contributed by atoms with Crippen molar-refractivity contribution in [3.63, 3.8) is 0 Å². The zero-order chi connectivity index (χ0) is 16.1. The van der Waals surface area contributed by atoms with Gasteiger partial charge in [0, 0.05) is 13.1 Å². The molecule has 0 saturated heterocycles. The molecule has 4 nitrogen and oxygen atoms in total. The van der Waals surface area contributed by atoms with E-state index in [1.165, 1.54) is 5.56 Å². The van der Waals surface area contributed by atoms with Gasteiger partial charge in [-0.25, -0.2) is 0 Å². The molecule has 0 aliphatic heterocycles. The van der Waals surface area contributed by atoms with Crippen molar-refractivity contribution in [2.45, 2.75) is 40.2 Å². The molecule has 1 aromatic carbocycles. The molecule has 2 unspecified atom stereocenters. The number of benzene rings is 1. The first-order valence-electron chi connectivity index (χ1n) is 8.08. The highest BCUT2D eigenvalue weighted by atomic mass is 16.2. The highest BCUT2D eigenvalue weighted by molar-refractivity contribution is 5.92. The Balaban J connectivity index is 1.70. The number of aryl methyl sites for hydroxylation is 1. The second-order valence-corrected chi connectivity index (χ2v) is 6.63. The molecule has 4 heteroatoms. The molecule has 0 radical (unpaired) electrons. The van der Waals surface area contributed by atoms with E-state index in [0.717, 1.165) is 12.0 Å². The smallest absolute Gasteiger partial charge is 0.224 e. The Morgan fingerprint density at radius 1 is 1.18 bits per heavy atom. The maximum Gasteiger partial charge on any atom is 0.224 e. The van der Waals surface area contributed by atoms with Crippen LogP contribution in [0, 0.1) is 24.7 Å². The Morgan fingerprint density at radius 3 is 2.50 bits per heavy atom. The zero-order valence-corrected chi connectivity index (χ0v) is 13.7. The lowest BCUT2D eigenvalue weighted by atomic mass is 10.1. The number of rotatable bonds is 7. The molecule has 0 aromatic heterocycles. The van der Waals surface area contributed by atoms with Crippen LogP contribution in [0.15, 0.2) is 24.3 Å². The molecule has 1 saturated carbocycles. The second kappa shape index (κ2) is 7.43. The van der Waals surface area contributed by atoms with Crippen molar-refractivity contribution >= 4 is 11.8 Å². The Labute approximate surface area is 132 Å². The molecule has 1 fully saturated rings. The number of carbonyl (C=O) groups excluding carboxylic acids is 2. The molecule has 22 heavy (non-hydrogen) atoms. The van der Waals surface area contributed by atoms with Gasteiger partial charge in [0.25, 0.3) is 0 Å². The van der Waals surface area contributed by atoms with Gasteiger partial charge in [0.05, 0.1) is 11.8 Å². The summed E-state index contributed by atoms with van der Waals surface area (Å²) in [5, 5.41) is 5.85. The van der Waals surface area contributed by atoms with Crippen LogP contribution in [0.2, 0.25) is 0 Å². The minimum atomic E-state index is -0.149. The van der Waals surface area contributed by atoms with Crippen molar-refractivity contribution in [1.82, 2.24) is 10.6 Å². The van der Waals surface area contributed by atoms with Crippen molar-refractivity contribution in [2.24, 2.45) is 17.8 Å². The van der Waals surface area contributed by atoms with Gasteiger partial charge in [0.2, 0.25) is 11.8 Å². The van der Waals surface area contributed by atoms with Gasteiger partial charge in [-0.15, -0.1) is 0 Å². The first-order valence-corrected chi connectivity index (χ1v) is 8.08. The standard InChI is InChI=1S/C18H26N2O2/c1-12(2)7-8-19-17(21)15-10-16(15)18(22)20-11-14-6-4-5-13(3)9-14/h4-6,9,12,15-16H,7-8,10-11H2,1-3H3,(H,19,21)(H,20,22). The number of hydrogen-bond acceptors (Lipinski definition) is 2. The molecule has 2 atom stereocenters. The van der Waals surface area contributed by atoms with E-state index in [1.54, 1.807) is 0 Å². The maximum atomic E-state index is 12.1. The van der Waals surface area contributed by atoms with Gasteiger partial charge in [-0.3, -0.25) is 9.59 Å². The third-order valence-electron chi connectivity index (χ3n) is 4.03. The van der Waals surface area contributed by atoms with Crippen molar-refractivity contribution in [2.75, 3.05) is 6.54 Å². The van der Waals surface area contributed by atoms with Crippen LogP contribution < -0.4 is 10.6 Å². The van der Waals surface area contributed by atoms with Crippen LogP contribution >= 0.6 is 0 Å². The summed E-state index contributed by atoms with van der Waals surface area (Å²) in [7, 11) is 0. The molecule has 0 spiro atoms. The van der Waals surface area contributed by atoms with E-state index < -0.39 is 0 Å². The van der Waals surface area contributed by atoms with E-state index in [-0.39, 0.29) is 23.7 Å². The second-order valence-electron chi connectivity index (χ2n) is 6.63. The summed E-state index contributed by atoms with van der Waals surface area (Å²) in [6.45, 7) is 7.52. The average molecular weight is 302 g/mol. The predicted octanol–water partition coefficient (Wildman–Crippen LogP) is 2.41. The van der Waals surface area contributed by atoms with E-state index in [4.69, 9.17) is 0 Å². The highest BCUT2D eigenvalue weighted by Crippen LogP contribution is 2.38. The van der Waals surface area contributed by atoms with Crippen molar-refractivity contribution < 1.29 is 9.59 Å². The fourth-order valence-corrected chi connectivity index (χ4v) is 2.53. The Hall–Kier alpha value is -1.84. The normalized spacial score (nSPS) is 19.8. The molecule has 0 heterocycles. The molecular weight excluding hydrogens is 276 g/mol. The van der Waals surface area contributed by atoms with Crippen molar-refractivity contribution in [1.29, 1.82) is 0 Å². The summed E-state index contributed by atoms with van der Waals surface area (Å²) in [5.41, 5.74) is 2.27. The quantitative estimate of drug-likeness (QED) is 0.812. The number of nitrogens with one attached hydrogen (secondary N) is 2. The first-order chi connectivity index (χ1) is 10.5. The molecule has 1 aliphatic carbocycles. The lowest BCUT2D eigenvalue weighted by Crippen LogP contribution is -2.30. The van der Waals surface area contributed by atoms with Crippen LogP contribution in [0.1, 0.15) is 37.8 Å². The molecule has 2 N–H and O–H groups in total. The SMILES string of the molecule is Cc1cccc(CNC(=O)C2CC2C(=O)NCCC(C)C)c1. The maximum absolute atomic E-state index is 12.1. The van der Waals surface area contributed by atoms with Crippen LogP contribution in [0.5, 0.6) is 0 Å². The molecule has 120 valence electrons. The monoisotopic (exact) mass is 302 g/mol. The minimum Gasteiger partial charge on any atom is -0.356 e. The fourth-order valence-electron chi connectivity index (χ4n) is 2.53. The largest absolute Gasteiger partial charge is 0.356 e. The van der Waals surface area contributed by atoms with Crippen LogP contribution in [0.3, 0.4) is 0 Å². The van der Waals surface area contributed by atoms with Crippen molar-refractivity contribution in [3.8, 4) is 0 Å². The van der Waals surface area contributed by atoms with Gasteiger partial charge < -0.3 is 10.6 Å². The predicted molar refractivity (Wildman–Crippen MR) is 87.1 cm³/mol. The molecule has 0 bridgehead atoms. The van der Waals surface area contributed by atoms with Gasteiger partial charge in [-0.1, -0.05) is 43.7 Å². The average Bonchev–Trinajstić information content (AvgIpc) is 3.25. The van der Waals surface area contributed by atoms with E-state index in [0.29, 0.717) is 25.4 Å². The molecular formula is C18H26N2O2. The summed E-state index contributed by atoms with van der Waals surface area (Å²) in [5.74, 6) is 0.309. The van der Waals surface area contributed by atoms with Gasteiger partial charge in [0.15, 0.2) is 0 Å². The topological polar surface area (TPSA) is 58.2 Å². The summed E-state index contributed by atoms with van der Waals surface area (Å²) >= 11 is 0.